The van der Waals surface area contributed by atoms with Gasteiger partial charge in [-0.25, -0.2) is 0 Å². The highest BCUT2D eigenvalue weighted by Crippen LogP contribution is 2.29. The summed E-state index contributed by atoms with van der Waals surface area (Å²) >= 11 is 4.25. The summed E-state index contributed by atoms with van der Waals surface area (Å²) in [6.45, 7) is 0.394. The van der Waals surface area contributed by atoms with Crippen LogP contribution >= 0.6 is 12.6 Å². The summed E-state index contributed by atoms with van der Waals surface area (Å²) in [4.78, 5) is 12.2. The van der Waals surface area contributed by atoms with Crippen molar-refractivity contribution in [1.82, 2.24) is 0 Å². The van der Waals surface area contributed by atoms with Crippen LogP contribution in [0.4, 0.5) is 0 Å². The van der Waals surface area contributed by atoms with Crippen molar-refractivity contribution in [2.75, 3.05) is 13.7 Å². The number of methoxy groups -OCH3 is 1. The molecule has 80 valence electrons. The molecule has 0 fully saturated rings. The summed E-state index contributed by atoms with van der Waals surface area (Å²) in [5.74, 6) is 0.427. The Morgan fingerprint density at radius 2 is 2.40 bits per heavy atom. The Labute approximate surface area is 93.8 Å². The molecule has 0 saturated heterocycles. The number of benzene rings is 1. The van der Waals surface area contributed by atoms with Gasteiger partial charge in [0.05, 0.1) is 13.0 Å². The van der Waals surface area contributed by atoms with Crippen LogP contribution in [-0.4, -0.2) is 19.7 Å². The highest BCUT2D eigenvalue weighted by atomic mass is 32.1. The highest BCUT2D eigenvalue weighted by Gasteiger charge is 2.26. The average Bonchev–Trinajstić information content (AvgIpc) is 2.27. The fourth-order valence-corrected chi connectivity index (χ4v) is 1.93. The van der Waals surface area contributed by atoms with Crippen molar-refractivity contribution in [1.29, 1.82) is 0 Å². The van der Waals surface area contributed by atoms with Gasteiger partial charge in [-0.1, -0.05) is 0 Å². The number of fused-ring (bicyclic) bond motifs is 1. The molecule has 0 aliphatic carbocycles. The van der Waals surface area contributed by atoms with Crippen LogP contribution in [0.3, 0.4) is 0 Å². The average molecular weight is 224 g/mol. The van der Waals surface area contributed by atoms with Crippen LogP contribution < -0.4 is 4.74 Å². The smallest absolute Gasteiger partial charge is 0.312 e. The van der Waals surface area contributed by atoms with Gasteiger partial charge < -0.3 is 9.47 Å². The lowest BCUT2D eigenvalue weighted by atomic mass is 9.97. The highest BCUT2D eigenvalue weighted by molar-refractivity contribution is 7.80. The van der Waals surface area contributed by atoms with Crippen LogP contribution in [-0.2, 0) is 16.0 Å². The van der Waals surface area contributed by atoms with Crippen LogP contribution in [0.15, 0.2) is 23.1 Å². The minimum Gasteiger partial charge on any atom is -0.492 e. The van der Waals surface area contributed by atoms with Crippen LogP contribution in [0.2, 0.25) is 0 Å². The Hall–Kier alpha value is -1.16. The normalized spacial score (nSPS) is 18.9. The molecule has 0 amide bonds. The van der Waals surface area contributed by atoms with Gasteiger partial charge in [-0.3, -0.25) is 4.79 Å². The first-order valence-corrected chi connectivity index (χ1v) is 5.18. The summed E-state index contributed by atoms with van der Waals surface area (Å²) in [7, 11) is 1.40. The molecule has 1 aromatic rings. The molecule has 1 heterocycles. The number of hydrogen-bond donors (Lipinski definition) is 1. The summed E-state index contributed by atoms with van der Waals surface area (Å²) in [5.41, 5.74) is 1.02. The van der Waals surface area contributed by atoms with Gasteiger partial charge in [0.1, 0.15) is 12.4 Å². The zero-order chi connectivity index (χ0) is 10.8. The van der Waals surface area contributed by atoms with Crippen molar-refractivity contribution in [3.63, 3.8) is 0 Å². The van der Waals surface area contributed by atoms with Crippen LogP contribution in [0.1, 0.15) is 5.56 Å². The van der Waals surface area contributed by atoms with Gasteiger partial charge in [0.15, 0.2) is 0 Å². The van der Waals surface area contributed by atoms with E-state index in [0.29, 0.717) is 13.0 Å². The number of hydrogen-bond acceptors (Lipinski definition) is 4. The van der Waals surface area contributed by atoms with Crippen molar-refractivity contribution >= 4 is 18.6 Å². The van der Waals surface area contributed by atoms with Crippen LogP contribution in [0, 0.1) is 5.92 Å². The molecule has 1 unspecified atom stereocenters. The second-order valence-corrected chi connectivity index (χ2v) is 4.04. The number of ether oxygens (including phenoxy) is 2. The number of carbonyl (C=O) groups excluding carboxylic acids is 1. The number of carbonyl (C=O) groups is 1. The zero-order valence-corrected chi connectivity index (χ0v) is 9.29. The van der Waals surface area contributed by atoms with Gasteiger partial charge in [0, 0.05) is 4.90 Å². The summed E-state index contributed by atoms with van der Waals surface area (Å²) in [6.07, 6.45) is 0.663. The lowest BCUT2D eigenvalue weighted by Crippen LogP contribution is -2.29. The van der Waals surface area contributed by atoms with E-state index < -0.39 is 0 Å². The lowest BCUT2D eigenvalue weighted by molar-refractivity contribution is -0.146. The van der Waals surface area contributed by atoms with Gasteiger partial charge in [0.2, 0.25) is 0 Å². The molecule has 2 rings (SSSR count). The predicted molar refractivity (Wildman–Crippen MR) is 58.4 cm³/mol. The maximum atomic E-state index is 11.3. The van der Waals surface area contributed by atoms with Crippen molar-refractivity contribution in [3.05, 3.63) is 23.8 Å². The van der Waals surface area contributed by atoms with E-state index >= 15 is 0 Å². The molecule has 0 N–H and O–H groups in total. The second kappa shape index (κ2) is 4.14. The molecule has 0 spiro atoms. The third kappa shape index (κ3) is 2.09. The molecule has 0 bridgehead atoms. The van der Waals surface area contributed by atoms with Crippen LogP contribution in [0.25, 0.3) is 0 Å². The zero-order valence-electron chi connectivity index (χ0n) is 8.40. The topological polar surface area (TPSA) is 35.5 Å². The fraction of sp³-hybridized carbons (Fsp3) is 0.364. The van der Waals surface area contributed by atoms with Gasteiger partial charge in [-0.05, 0) is 30.2 Å². The molecular formula is C11H12O3S. The molecule has 1 atom stereocenters. The molecule has 1 aromatic carbocycles. The maximum absolute atomic E-state index is 11.3. The largest absolute Gasteiger partial charge is 0.492 e. The van der Waals surface area contributed by atoms with Crippen molar-refractivity contribution in [2.24, 2.45) is 5.92 Å². The van der Waals surface area contributed by atoms with Gasteiger partial charge in [-0.2, -0.15) is 0 Å². The Bertz CT molecular complexity index is 389. The Kier molecular flexibility index (Phi) is 2.86. The third-order valence-corrected chi connectivity index (χ3v) is 2.76. The van der Waals surface area contributed by atoms with E-state index in [4.69, 9.17) is 9.47 Å². The van der Waals surface area contributed by atoms with E-state index in [-0.39, 0.29) is 11.9 Å². The summed E-state index contributed by atoms with van der Waals surface area (Å²) in [6, 6.07) is 5.68. The monoisotopic (exact) mass is 224 g/mol. The first-order chi connectivity index (χ1) is 7.20. The van der Waals surface area contributed by atoms with Crippen molar-refractivity contribution in [3.8, 4) is 5.75 Å². The first-order valence-electron chi connectivity index (χ1n) is 4.73. The van der Waals surface area contributed by atoms with Crippen LogP contribution in [0.5, 0.6) is 5.75 Å². The van der Waals surface area contributed by atoms with E-state index in [0.717, 1.165) is 16.2 Å². The van der Waals surface area contributed by atoms with E-state index in [2.05, 4.69) is 12.6 Å². The Balaban J connectivity index is 2.22. The van der Waals surface area contributed by atoms with Crippen molar-refractivity contribution < 1.29 is 14.3 Å². The minimum atomic E-state index is -0.217. The van der Waals surface area contributed by atoms with E-state index in [1.807, 2.05) is 18.2 Å². The molecule has 4 heteroatoms. The maximum Gasteiger partial charge on any atom is 0.312 e. The fourth-order valence-electron chi connectivity index (χ4n) is 1.70. The molecule has 1 aliphatic rings. The van der Waals surface area contributed by atoms with Crippen molar-refractivity contribution in [2.45, 2.75) is 11.3 Å². The molecule has 15 heavy (non-hydrogen) atoms. The van der Waals surface area contributed by atoms with Gasteiger partial charge in [-0.15, -0.1) is 12.6 Å². The van der Waals surface area contributed by atoms with E-state index in [1.165, 1.54) is 7.11 Å². The minimum absolute atomic E-state index is 0.197. The van der Waals surface area contributed by atoms with Gasteiger partial charge in [0.25, 0.3) is 0 Å². The molecule has 0 aromatic heterocycles. The SMILES string of the molecule is COC(=O)C1COc2ccc(S)cc2C1. The number of rotatable bonds is 1. The Morgan fingerprint density at radius 1 is 1.60 bits per heavy atom. The molecule has 0 saturated carbocycles. The standard InChI is InChI=1S/C11H12O3S/c1-13-11(12)8-4-7-5-9(15)2-3-10(7)14-6-8/h2-3,5,8,15H,4,6H2,1H3. The molecule has 1 aliphatic heterocycles. The van der Waals surface area contributed by atoms with E-state index in [9.17, 15) is 4.79 Å². The predicted octanol–water partition coefficient (Wildman–Crippen LogP) is 1.70. The van der Waals surface area contributed by atoms with E-state index in [1.54, 1.807) is 0 Å². The van der Waals surface area contributed by atoms with Gasteiger partial charge >= 0.3 is 5.97 Å². The molecular weight excluding hydrogens is 212 g/mol. The quantitative estimate of drug-likeness (QED) is 0.582. The molecule has 0 radical (unpaired) electrons. The Morgan fingerprint density at radius 3 is 3.13 bits per heavy atom. The summed E-state index contributed by atoms with van der Waals surface area (Å²) < 4.78 is 10.2. The molecule has 3 nitrogen and oxygen atoms in total. The number of thiol groups is 1. The number of esters is 1. The first kappa shape index (κ1) is 10.4. The third-order valence-electron chi connectivity index (χ3n) is 2.48. The second-order valence-electron chi connectivity index (χ2n) is 3.53. The summed E-state index contributed by atoms with van der Waals surface area (Å²) in [5, 5.41) is 0. The lowest BCUT2D eigenvalue weighted by Gasteiger charge is -2.23.